The first-order valence-corrected chi connectivity index (χ1v) is 9.50. The zero-order valence-corrected chi connectivity index (χ0v) is 17.6. The van der Waals surface area contributed by atoms with Crippen LogP contribution >= 0.6 is 24.0 Å². The summed E-state index contributed by atoms with van der Waals surface area (Å²) in [5.74, 6) is 0.641. The molecule has 0 bridgehead atoms. The molecule has 0 saturated heterocycles. The highest BCUT2D eigenvalue weighted by molar-refractivity contribution is 14.0. The average molecular weight is 469 g/mol. The van der Waals surface area contributed by atoms with E-state index in [1.165, 1.54) is 0 Å². The minimum Gasteiger partial charge on any atom is -0.383 e. The summed E-state index contributed by atoms with van der Waals surface area (Å²) in [4.78, 5) is 4.72. The molecule has 0 amide bonds. The molecule has 0 saturated carbocycles. The third-order valence-corrected chi connectivity index (χ3v) is 5.10. The van der Waals surface area contributed by atoms with Crippen molar-refractivity contribution in [3.8, 4) is 0 Å². The molecule has 1 atom stereocenters. The van der Waals surface area contributed by atoms with E-state index in [-0.39, 0.29) is 35.8 Å². The molecule has 6 nitrogen and oxygen atoms in total. The van der Waals surface area contributed by atoms with Gasteiger partial charge in [0.25, 0.3) is 0 Å². The number of sulfone groups is 1. The standard InChI is InChI=1S/C16H27N3O3S.HI/c1-4-14(19-16(17-5-2)18-11-12-22-3)13-23(20,21)15-9-7-6-8-10-15;/h6-10,14H,4-5,11-13H2,1-3H3,(H2,17,18,19);1H. The smallest absolute Gasteiger partial charge is 0.191 e. The van der Waals surface area contributed by atoms with Gasteiger partial charge < -0.3 is 15.4 Å². The first-order chi connectivity index (χ1) is 11.0. The van der Waals surface area contributed by atoms with Gasteiger partial charge in [-0.2, -0.15) is 0 Å². The molecule has 0 spiro atoms. The fraction of sp³-hybridized carbons (Fsp3) is 0.562. The number of hydrogen-bond donors (Lipinski definition) is 2. The summed E-state index contributed by atoms with van der Waals surface area (Å²) in [5, 5.41) is 6.31. The number of guanidine groups is 1. The van der Waals surface area contributed by atoms with Crippen molar-refractivity contribution in [1.82, 2.24) is 10.6 Å². The molecule has 0 aliphatic rings. The number of benzene rings is 1. The lowest BCUT2D eigenvalue weighted by molar-refractivity contribution is 0.208. The molecule has 1 aromatic carbocycles. The summed E-state index contributed by atoms with van der Waals surface area (Å²) in [5.41, 5.74) is 0. The molecule has 0 heterocycles. The van der Waals surface area contributed by atoms with Crippen LogP contribution in [0, 0.1) is 0 Å². The van der Waals surface area contributed by atoms with Crippen LogP contribution in [0.15, 0.2) is 40.2 Å². The van der Waals surface area contributed by atoms with Gasteiger partial charge in [0.15, 0.2) is 15.8 Å². The Hall–Kier alpha value is -0.870. The fourth-order valence-corrected chi connectivity index (χ4v) is 3.63. The van der Waals surface area contributed by atoms with Gasteiger partial charge >= 0.3 is 0 Å². The Bertz CT molecular complexity index is 579. The third kappa shape index (κ3) is 8.29. The molecule has 0 aromatic heterocycles. The number of aliphatic imine (C=N–C) groups is 1. The molecule has 1 rings (SSSR count). The van der Waals surface area contributed by atoms with Gasteiger partial charge in [-0.1, -0.05) is 25.1 Å². The van der Waals surface area contributed by atoms with Crippen LogP contribution in [-0.2, 0) is 14.6 Å². The number of halogens is 1. The maximum atomic E-state index is 12.5. The Morgan fingerprint density at radius 1 is 1.25 bits per heavy atom. The zero-order valence-electron chi connectivity index (χ0n) is 14.5. The van der Waals surface area contributed by atoms with E-state index in [1.807, 2.05) is 13.8 Å². The molecule has 2 N–H and O–H groups in total. The predicted molar refractivity (Wildman–Crippen MR) is 109 cm³/mol. The van der Waals surface area contributed by atoms with Crippen LogP contribution in [0.25, 0.3) is 0 Å². The number of nitrogens with one attached hydrogen (secondary N) is 2. The molecule has 0 radical (unpaired) electrons. The fourth-order valence-electron chi connectivity index (χ4n) is 2.01. The lowest BCUT2D eigenvalue weighted by atomic mass is 10.3. The maximum absolute atomic E-state index is 12.5. The van der Waals surface area contributed by atoms with Crippen LogP contribution in [-0.4, -0.2) is 53.0 Å². The molecule has 1 unspecified atom stereocenters. The number of methoxy groups -OCH3 is 1. The Morgan fingerprint density at radius 2 is 1.92 bits per heavy atom. The van der Waals surface area contributed by atoms with E-state index in [0.717, 1.165) is 0 Å². The largest absolute Gasteiger partial charge is 0.383 e. The lowest BCUT2D eigenvalue weighted by Gasteiger charge is -2.20. The second kappa shape index (κ2) is 12.5. The van der Waals surface area contributed by atoms with Gasteiger partial charge in [0.05, 0.1) is 23.8 Å². The maximum Gasteiger partial charge on any atom is 0.191 e. The van der Waals surface area contributed by atoms with Crippen LogP contribution in [0.4, 0.5) is 0 Å². The van der Waals surface area contributed by atoms with Crippen molar-refractivity contribution in [2.24, 2.45) is 4.99 Å². The van der Waals surface area contributed by atoms with E-state index in [2.05, 4.69) is 15.6 Å². The van der Waals surface area contributed by atoms with E-state index in [4.69, 9.17) is 4.74 Å². The van der Waals surface area contributed by atoms with Gasteiger partial charge in [-0.05, 0) is 25.5 Å². The summed E-state index contributed by atoms with van der Waals surface area (Å²) in [6, 6.07) is 8.32. The number of hydrogen-bond acceptors (Lipinski definition) is 4. The van der Waals surface area contributed by atoms with Crippen LogP contribution in [0.2, 0.25) is 0 Å². The van der Waals surface area contributed by atoms with E-state index in [9.17, 15) is 8.42 Å². The summed E-state index contributed by atoms with van der Waals surface area (Å²) >= 11 is 0. The third-order valence-electron chi connectivity index (χ3n) is 3.27. The highest BCUT2D eigenvalue weighted by Crippen LogP contribution is 2.12. The number of ether oxygens (including phenoxy) is 1. The van der Waals surface area contributed by atoms with Gasteiger partial charge in [0.2, 0.25) is 0 Å². The number of rotatable bonds is 9. The molecule has 8 heteroatoms. The van der Waals surface area contributed by atoms with Gasteiger partial charge in [-0.3, -0.25) is 4.99 Å². The van der Waals surface area contributed by atoms with Gasteiger partial charge in [-0.15, -0.1) is 24.0 Å². The minimum atomic E-state index is -3.33. The lowest BCUT2D eigenvalue weighted by Crippen LogP contribution is -2.46. The molecule has 138 valence electrons. The second-order valence-electron chi connectivity index (χ2n) is 5.10. The van der Waals surface area contributed by atoms with Crippen molar-refractivity contribution in [3.05, 3.63) is 30.3 Å². The minimum absolute atomic E-state index is 0. The Morgan fingerprint density at radius 3 is 2.46 bits per heavy atom. The summed E-state index contributed by atoms with van der Waals surface area (Å²) in [6.45, 7) is 5.68. The molecule has 24 heavy (non-hydrogen) atoms. The second-order valence-corrected chi connectivity index (χ2v) is 7.13. The Balaban J connectivity index is 0.00000529. The Labute approximate surface area is 162 Å². The first-order valence-electron chi connectivity index (χ1n) is 7.85. The topological polar surface area (TPSA) is 79.8 Å². The van der Waals surface area contributed by atoms with Crippen molar-refractivity contribution in [2.75, 3.05) is 32.6 Å². The van der Waals surface area contributed by atoms with Crippen molar-refractivity contribution < 1.29 is 13.2 Å². The van der Waals surface area contributed by atoms with Gasteiger partial charge in [0.1, 0.15) is 0 Å². The molecular weight excluding hydrogens is 441 g/mol. The van der Waals surface area contributed by atoms with Crippen LogP contribution in [0.3, 0.4) is 0 Å². The SMILES string of the molecule is CCNC(=NCCOC)NC(CC)CS(=O)(=O)c1ccccc1.I. The average Bonchev–Trinajstić information content (AvgIpc) is 2.55. The van der Waals surface area contributed by atoms with Gasteiger partial charge in [0, 0.05) is 19.7 Å². The van der Waals surface area contributed by atoms with E-state index < -0.39 is 9.84 Å². The van der Waals surface area contributed by atoms with Gasteiger partial charge in [-0.25, -0.2) is 8.42 Å². The normalized spacial score (nSPS) is 13.0. The quantitative estimate of drug-likeness (QED) is 0.251. The van der Waals surface area contributed by atoms with Crippen LogP contribution in [0.5, 0.6) is 0 Å². The molecule has 1 aromatic rings. The zero-order chi connectivity index (χ0) is 17.1. The van der Waals surface area contributed by atoms with Crippen molar-refractivity contribution in [2.45, 2.75) is 31.2 Å². The summed E-state index contributed by atoms with van der Waals surface area (Å²) in [7, 11) is -1.71. The molecule has 0 aliphatic carbocycles. The summed E-state index contributed by atoms with van der Waals surface area (Å²) in [6.07, 6.45) is 0.681. The summed E-state index contributed by atoms with van der Waals surface area (Å²) < 4.78 is 29.9. The van der Waals surface area contributed by atoms with E-state index in [0.29, 0.717) is 37.0 Å². The molecule has 0 fully saturated rings. The highest BCUT2D eigenvalue weighted by atomic mass is 127. The molecule has 0 aliphatic heterocycles. The van der Waals surface area contributed by atoms with E-state index in [1.54, 1.807) is 37.4 Å². The number of nitrogens with zero attached hydrogens (tertiary/aromatic N) is 1. The Kier molecular flexibility index (Phi) is 12.0. The van der Waals surface area contributed by atoms with E-state index >= 15 is 0 Å². The highest BCUT2D eigenvalue weighted by Gasteiger charge is 2.20. The van der Waals surface area contributed by atoms with Crippen molar-refractivity contribution in [3.63, 3.8) is 0 Å². The van der Waals surface area contributed by atoms with Crippen molar-refractivity contribution in [1.29, 1.82) is 0 Å². The monoisotopic (exact) mass is 469 g/mol. The first kappa shape index (κ1) is 23.1. The van der Waals surface area contributed by atoms with Crippen molar-refractivity contribution >= 4 is 39.8 Å². The predicted octanol–water partition coefficient (Wildman–Crippen LogP) is 2.06. The van der Waals surface area contributed by atoms with Crippen LogP contribution in [0.1, 0.15) is 20.3 Å². The molecular formula is C16H28IN3O3S. The van der Waals surface area contributed by atoms with Crippen LogP contribution < -0.4 is 10.6 Å².